The van der Waals surface area contributed by atoms with Crippen LogP contribution in [0, 0.1) is 0 Å². The second-order valence-corrected chi connectivity index (χ2v) is 8.85. The maximum Gasteiger partial charge on any atom is 0.433 e. The molecule has 3 heterocycles. The van der Waals surface area contributed by atoms with Crippen molar-refractivity contribution in [3.63, 3.8) is 0 Å². The van der Waals surface area contributed by atoms with Crippen molar-refractivity contribution in [2.45, 2.75) is 39.1 Å². The van der Waals surface area contributed by atoms with Gasteiger partial charge in [0.05, 0.1) is 34.8 Å². The molecular formula is C23H23F3N6O2. The van der Waals surface area contributed by atoms with E-state index in [9.17, 15) is 18.0 Å². The fraction of sp³-hybridized carbons (Fsp3) is 0.304. The molecule has 0 aliphatic rings. The third-order valence-electron chi connectivity index (χ3n) is 5.01. The Labute approximate surface area is 193 Å². The Morgan fingerprint density at radius 3 is 2.47 bits per heavy atom. The van der Waals surface area contributed by atoms with E-state index in [1.165, 1.54) is 6.07 Å². The maximum atomic E-state index is 13.5. The number of aromatic nitrogens is 4. The first-order valence-corrected chi connectivity index (χ1v) is 10.4. The van der Waals surface area contributed by atoms with Crippen LogP contribution in [0.15, 0.2) is 42.7 Å². The van der Waals surface area contributed by atoms with Crippen molar-refractivity contribution in [2.75, 3.05) is 5.73 Å². The molecule has 0 radical (unpaired) electrons. The van der Waals surface area contributed by atoms with Crippen LogP contribution in [0.5, 0.6) is 0 Å². The zero-order valence-corrected chi connectivity index (χ0v) is 19.0. The van der Waals surface area contributed by atoms with Crippen LogP contribution in [-0.4, -0.2) is 36.3 Å². The molecule has 0 atom stereocenters. The van der Waals surface area contributed by atoms with Crippen molar-refractivity contribution in [3.8, 4) is 0 Å². The highest BCUT2D eigenvalue weighted by Gasteiger charge is 2.32. The van der Waals surface area contributed by atoms with Crippen LogP contribution in [0.4, 0.5) is 19.0 Å². The zero-order chi connectivity index (χ0) is 24.8. The van der Waals surface area contributed by atoms with Gasteiger partial charge in [-0.25, -0.2) is 10.0 Å². The number of aryl methyl sites for hydroxylation is 1. The Bertz CT molecular complexity index is 1370. The van der Waals surface area contributed by atoms with E-state index >= 15 is 0 Å². The Kier molecular flexibility index (Phi) is 5.68. The van der Waals surface area contributed by atoms with Gasteiger partial charge in [-0.3, -0.25) is 19.3 Å². The molecule has 34 heavy (non-hydrogen) atoms. The quantitative estimate of drug-likeness (QED) is 0.440. The summed E-state index contributed by atoms with van der Waals surface area (Å²) in [5.74, 6) is -0.133. The molecule has 4 aromatic rings. The molecule has 4 rings (SSSR count). The number of hydroxylamine groups is 2. The molecule has 8 nitrogen and oxygen atoms in total. The fourth-order valence-electron chi connectivity index (χ4n) is 3.56. The second-order valence-electron chi connectivity index (χ2n) is 8.85. The molecule has 0 fully saturated rings. The van der Waals surface area contributed by atoms with Crippen LogP contribution >= 0.6 is 0 Å². The molecular weight excluding hydrogens is 449 g/mol. The largest absolute Gasteiger partial charge is 0.433 e. The number of hydrogen-bond donors (Lipinski definition) is 1. The highest BCUT2D eigenvalue weighted by atomic mass is 19.4. The van der Waals surface area contributed by atoms with Crippen molar-refractivity contribution in [3.05, 3.63) is 59.5 Å². The summed E-state index contributed by atoms with van der Waals surface area (Å²) in [6.07, 6.45) is -1.85. The molecule has 178 valence electrons. The first-order chi connectivity index (χ1) is 15.8. The van der Waals surface area contributed by atoms with E-state index in [4.69, 9.17) is 10.6 Å². The number of rotatable bonds is 4. The van der Waals surface area contributed by atoms with Gasteiger partial charge < -0.3 is 5.73 Å². The Morgan fingerprint density at radius 1 is 1.12 bits per heavy atom. The van der Waals surface area contributed by atoms with E-state index in [2.05, 4.69) is 15.1 Å². The minimum atomic E-state index is -4.55. The van der Waals surface area contributed by atoms with Crippen LogP contribution in [0.2, 0.25) is 0 Å². The van der Waals surface area contributed by atoms with Gasteiger partial charge in [-0.1, -0.05) is 6.07 Å². The Balaban J connectivity index is 1.72. The molecule has 1 aromatic carbocycles. The highest BCUT2D eigenvalue weighted by Crippen LogP contribution is 2.30. The average Bonchev–Trinajstić information content (AvgIpc) is 3.14. The third kappa shape index (κ3) is 4.65. The zero-order valence-electron chi connectivity index (χ0n) is 19.0. The number of fused-ring (bicyclic) bond motifs is 3. The standard InChI is InChI=1S/C23H23F3N6O2/c1-22(2,3)34-32(12-13-5-8-18(28-10-13)23(24,25)26)21(33)14-6-7-17-15(9-14)19-16(20(27)30-17)11-29-31(19)4/h5-11H,12H2,1-4H3,(H2,27,30). The highest BCUT2D eigenvalue weighted by molar-refractivity contribution is 6.10. The summed E-state index contributed by atoms with van der Waals surface area (Å²) >= 11 is 0. The van der Waals surface area contributed by atoms with Crippen molar-refractivity contribution in [1.82, 2.24) is 24.8 Å². The van der Waals surface area contributed by atoms with E-state index in [-0.39, 0.29) is 6.54 Å². The minimum Gasteiger partial charge on any atom is -0.383 e. The lowest BCUT2D eigenvalue weighted by Gasteiger charge is -2.30. The predicted octanol–water partition coefficient (Wildman–Crippen LogP) is 4.49. The number of benzene rings is 1. The Hall–Kier alpha value is -3.73. The van der Waals surface area contributed by atoms with Gasteiger partial charge in [0.25, 0.3) is 5.91 Å². The topological polar surface area (TPSA) is 99.2 Å². The lowest BCUT2D eigenvalue weighted by molar-refractivity contribution is -0.201. The fourth-order valence-corrected chi connectivity index (χ4v) is 3.56. The second kappa shape index (κ2) is 8.24. The molecule has 1 amide bonds. The van der Waals surface area contributed by atoms with Crippen LogP contribution in [0.3, 0.4) is 0 Å². The molecule has 2 N–H and O–H groups in total. The smallest absolute Gasteiger partial charge is 0.383 e. The number of nitrogens with two attached hydrogens (primary N) is 1. The molecule has 0 saturated carbocycles. The summed E-state index contributed by atoms with van der Waals surface area (Å²) in [5, 5.41) is 6.70. The number of amides is 1. The van der Waals surface area contributed by atoms with E-state index in [1.807, 2.05) is 0 Å². The summed E-state index contributed by atoms with van der Waals surface area (Å²) in [5.41, 5.74) is 6.31. The molecule has 0 aliphatic heterocycles. The van der Waals surface area contributed by atoms with E-state index in [0.717, 1.165) is 22.8 Å². The number of halogens is 3. The molecule has 3 aromatic heterocycles. The van der Waals surface area contributed by atoms with Crippen LogP contribution < -0.4 is 5.73 Å². The minimum absolute atomic E-state index is 0.0968. The van der Waals surface area contributed by atoms with Gasteiger partial charge in [0, 0.05) is 24.2 Å². The molecule has 0 saturated heterocycles. The monoisotopic (exact) mass is 472 g/mol. The van der Waals surface area contributed by atoms with Gasteiger partial charge in [0.1, 0.15) is 11.5 Å². The number of carbonyl (C=O) groups is 1. The van der Waals surface area contributed by atoms with Crippen LogP contribution in [0.25, 0.3) is 21.8 Å². The molecule has 0 aliphatic carbocycles. The third-order valence-corrected chi connectivity index (χ3v) is 5.01. The number of nitrogen functional groups attached to an aromatic ring is 1. The van der Waals surface area contributed by atoms with Crippen LogP contribution in [-0.2, 0) is 24.6 Å². The van der Waals surface area contributed by atoms with Gasteiger partial charge in [-0.15, -0.1) is 0 Å². The number of alkyl halides is 3. The number of pyridine rings is 2. The molecule has 0 unspecified atom stereocenters. The van der Waals surface area contributed by atoms with E-state index in [0.29, 0.717) is 33.2 Å². The number of hydrogen-bond acceptors (Lipinski definition) is 6. The molecule has 11 heteroatoms. The van der Waals surface area contributed by atoms with E-state index < -0.39 is 23.4 Å². The Morgan fingerprint density at radius 2 is 1.85 bits per heavy atom. The first kappa shape index (κ1) is 23.4. The van der Waals surface area contributed by atoms with E-state index in [1.54, 1.807) is 56.9 Å². The average molecular weight is 472 g/mol. The SMILES string of the molecule is Cn1ncc2c(N)nc3ccc(C(=O)N(Cc4ccc(C(F)(F)F)nc4)OC(C)(C)C)cc3c21. The van der Waals surface area contributed by atoms with Gasteiger partial charge in [0.2, 0.25) is 0 Å². The van der Waals surface area contributed by atoms with Crippen molar-refractivity contribution in [1.29, 1.82) is 0 Å². The lowest BCUT2D eigenvalue weighted by atomic mass is 10.1. The van der Waals surface area contributed by atoms with Crippen molar-refractivity contribution < 1.29 is 22.8 Å². The van der Waals surface area contributed by atoms with Crippen molar-refractivity contribution >= 4 is 33.5 Å². The van der Waals surface area contributed by atoms with Gasteiger partial charge in [0.15, 0.2) is 0 Å². The number of carbonyl (C=O) groups excluding carboxylic acids is 1. The van der Waals surface area contributed by atoms with Crippen molar-refractivity contribution in [2.24, 2.45) is 7.05 Å². The number of nitrogens with zero attached hydrogens (tertiary/aromatic N) is 5. The summed E-state index contributed by atoms with van der Waals surface area (Å²) in [6, 6.07) is 7.11. The van der Waals surface area contributed by atoms with Gasteiger partial charge in [-0.2, -0.15) is 18.3 Å². The van der Waals surface area contributed by atoms with Crippen LogP contribution in [0.1, 0.15) is 42.4 Å². The van der Waals surface area contributed by atoms with Gasteiger partial charge >= 0.3 is 6.18 Å². The summed E-state index contributed by atoms with van der Waals surface area (Å²) in [4.78, 5) is 27.2. The first-order valence-electron chi connectivity index (χ1n) is 10.4. The molecule has 0 spiro atoms. The molecule has 0 bridgehead atoms. The summed E-state index contributed by atoms with van der Waals surface area (Å²) in [7, 11) is 1.77. The normalized spacial score (nSPS) is 12.4. The van der Waals surface area contributed by atoms with Gasteiger partial charge in [-0.05, 0) is 50.6 Å². The maximum absolute atomic E-state index is 13.5. The predicted molar refractivity (Wildman–Crippen MR) is 120 cm³/mol. The lowest BCUT2D eigenvalue weighted by Crippen LogP contribution is -2.38. The summed E-state index contributed by atoms with van der Waals surface area (Å²) in [6.45, 7) is 5.21. The summed E-state index contributed by atoms with van der Waals surface area (Å²) < 4.78 is 40.2. The number of anilines is 1.